The second kappa shape index (κ2) is 10.3. The second-order valence-electron chi connectivity index (χ2n) is 7.90. The van der Waals surface area contributed by atoms with E-state index >= 15 is 0 Å². The highest BCUT2D eigenvalue weighted by Gasteiger charge is 2.23. The zero-order chi connectivity index (χ0) is 21.5. The fourth-order valence-electron chi connectivity index (χ4n) is 4.04. The number of carbonyl (C=O) groups excluding carboxylic acids is 2. The van der Waals surface area contributed by atoms with E-state index in [4.69, 9.17) is 0 Å². The Labute approximate surface area is 177 Å². The van der Waals surface area contributed by atoms with Crippen molar-refractivity contribution in [3.8, 4) is 0 Å². The van der Waals surface area contributed by atoms with Crippen molar-refractivity contribution in [2.45, 2.75) is 19.3 Å². The molecule has 1 aliphatic rings. The molecule has 0 radical (unpaired) electrons. The molecule has 0 spiro atoms. The van der Waals surface area contributed by atoms with Gasteiger partial charge in [-0.1, -0.05) is 18.2 Å². The topological polar surface area (TPSA) is 49.9 Å². The molecule has 0 bridgehead atoms. The van der Waals surface area contributed by atoms with E-state index < -0.39 is 5.97 Å². The number of piperidine rings is 1. The highest BCUT2D eigenvalue weighted by Crippen LogP contribution is 2.19. The molecule has 30 heavy (non-hydrogen) atoms. The van der Waals surface area contributed by atoms with Crippen LogP contribution in [0.5, 0.6) is 0 Å². The molecule has 1 atom stereocenters. The average molecular weight is 413 g/mol. The zero-order valence-corrected chi connectivity index (χ0v) is 17.6. The number of nitrogens with zero attached hydrogens (tertiary/aromatic N) is 2. The van der Waals surface area contributed by atoms with Crippen LogP contribution < -0.4 is 0 Å². The predicted octanol–water partition coefficient (Wildman–Crippen LogP) is 3.64. The Kier molecular flexibility index (Phi) is 7.57. The van der Waals surface area contributed by atoms with Crippen LogP contribution in [0.3, 0.4) is 0 Å². The summed E-state index contributed by atoms with van der Waals surface area (Å²) < 4.78 is 18.5. The Morgan fingerprint density at radius 1 is 1.13 bits per heavy atom. The molecular weight excluding hydrogens is 383 g/mol. The molecule has 3 rings (SSSR count). The van der Waals surface area contributed by atoms with Gasteiger partial charge in [0, 0.05) is 32.2 Å². The van der Waals surface area contributed by atoms with Crippen molar-refractivity contribution in [2.75, 3.05) is 40.3 Å². The predicted molar refractivity (Wildman–Crippen MR) is 114 cm³/mol. The number of ether oxygens (including phenoxy) is 1. The van der Waals surface area contributed by atoms with E-state index in [-0.39, 0.29) is 11.7 Å². The average Bonchev–Trinajstić information content (AvgIpc) is 2.78. The minimum absolute atomic E-state index is 0.0603. The first-order chi connectivity index (χ1) is 14.5. The maximum Gasteiger partial charge on any atom is 0.337 e. The number of hydrogen-bond acceptors (Lipinski definition) is 4. The van der Waals surface area contributed by atoms with Crippen LogP contribution in [-0.4, -0.2) is 62.0 Å². The molecule has 1 amide bonds. The lowest BCUT2D eigenvalue weighted by Crippen LogP contribution is -2.42. The minimum Gasteiger partial charge on any atom is -0.465 e. The van der Waals surface area contributed by atoms with Gasteiger partial charge in [-0.3, -0.25) is 4.79 Å². The van der Waals surface area contributed by atoms with Crippen molar-refractivity contribution < 1.29 is 18.7 Å². The number of benzene rings is 2. The summed E-state index contributed by atoms with van der Waals surface area (Å²) in [5.74, 6) is -0.229. The smallest absolute Gasteiger partial charge is 0.337 e. The van der Waals surface area contributed by atoms with E-state index in [2.05, 4.69) is 9.64 Å². The molecule has 1 saturated heterocycles. The van der Waals surface area contributed by atoms with Gasteiger partial charge in [-0.25, -0.2) is 9.18 Å². The van der Waals surface area contributed by atoms with Gasteiger partial charge < -0.3 is 14.5 Å². The van der Waals surface area contributed by atoms with Gasteiger partial charge in [-0.15, -0.1) is 0 Å². The third-order valence-electron chi connectivity index (χ3n) is 5.69. The van der Waals surface area contributed by atoms with Crippen molar-refractivity contribution in [1.29, 1.82) is 0 Å². The van der Waals surface area contributed by atoms with Crippen LogP contribution in [0.15, 0.2) is 48.5 Å². The first-order valence-corrected chi connectivity index (χ1v) is 10.4. The normalized spacial score (nSPS) is 16.8. The molecule has 1 unspecified atom stereocenters. The van der Waals surface area contributed by atoms with Crippen LogP contribution in [0.4, 0.5) is 4.39 Å². The summed E-state index contributed by atoms with van der Waals surface area (Å²) in [6.45, 7) is 3.42. The number of carbonyl (C=O) groups is 2. The maximum atomic E-state index is 13.8. The van der Waals surface area contributed by atoms with Gasteiger partial charge in [-0.05, 0) is 67.6 Å². The van der Waals surface area contributed by atoms with Crippen LogP contribution in [0.1, 0.15) is 39.1 Å². The second-order valence-corrected chi connectivity index (χ2v) is 7.90. The highest BCUT2D eigenvalue weighted by molar-refractivity contribution is 5.96. The maximum absolute atomic E-state index is 13.8. The molecule has 1 fully saturated rings. The number of hydrogen-bond donors (Lipinski definition) is 0. The molecule has 0 aromatic heterocycles. The number of rotatable bonds is 7. The van der Waals surface area contributed by atoms with E-state index in [1.165, 1.54) is 13.2 Å². The van der Waals surface area contributed by atoms with Gasteiger partial charge in [0.2, 0.25) is 0 Å². The summed E-state index contributed by atoms with van der Waals surface area (Å²) in [6, 6.07) is 13.5. The highest BCUT2D eigenvalue weighted by atomic mass is 19.1. The number of halogens is 1. The van der Waals surface area contributed by atoms with Crippen LogP contribution in [0.2, 0.25) is 0 Å². The summed E-state index contributed by atoms with van der Waals surface area (Å²) in [7, 11) is 3.15. The summed E-state index contributed by atoms with van der Waals surface area (Å²) in [6.07, 6.45) is 2.85. The molecule has 6 heteroatoms. The molecule has 1 heterocycles. The van der Waals surface area contributed by atoms with Gasteiger partial charge in [-0.2, -0.15) is 0 Å². The van der Waals surface area contributed by atoms with Crippen molar-refractivity contribution in [1.82, 2.24) is 9.80 Å². The minimum atomic E-state index is -0.417. The third kappa shape index (κ3) is 5.66. The third-order valence-corrected chi connectivity index (χ3v) is 5.69. The number of likely N-dealkylation sites (tertiary alicyclic amines) is 1. The van der Waals surface area contributed by atoms with Crippen LogP contribution in [-0.2, 0) is 11.2 Å². The van der Waals surface area contributed by atoms with Crippen molar-refractivity contribution in [3.63, 3.8) is 0 Å². The molecule has 2 aromatic carbocycles. The summed E-state index contributed by atoms with van der Waals surface area (Å²) in [5, 5.41) is 0. The van der Waals surface area contributed by atoms with Crippen molar-refractivity contribution >= 4 is 11.9 Å². The zero-order valence-electron chi connectivity index (χ0n) is 17.6. The molecule has 160 valence electrons. The van der Waals surface area contributed by atoms with E-state index in [0.717, 1.165) is 38.0 Å². The number of esters is 1. The Morgan fingerprint density at radius 3 is 2.53 bits per heavy atom. The lowest BCUT2D eigenvalue weighted by Gasteiger charge is -2.34. The molecule has 0 N–H and O–H groups in total. The number of methoxy groups -OCH3 is 1. The van der Waals surface area contributed by atoms with Gasteiger partial charge in [0.25, 0.3) is 5.91 Å². The van der Waals surface area contributed by atoms with E-state index in [9.17, 15) is 14.0 Å². The van der Waals surface area contributed by atoms with E-state index in [0.29, 0.717) is 30.0 Å². The van der Waals surface area contributed by atoms with E-state index in [1.807, 2.05) is 19.2 Å². The van der Waals surface area contributed by atoms with Crippen molar-refractivity contribution in [2.24, 2.45) is 5.92 Å². The van der Waals surface area contributed by atoms with Crippen LogP contribution in [0, 0.1) is 11.7 Å². The largest absolute Gasteiger partial charge is 0.465 e. The fraction of sp³-hybridized carbons (Fsp3) is 0.417. The first-order valence-electron chi connectivity index (χ1n) is 10.4. The SMILES string of the molecule is COC(=O)c1ccc(C(=O)N(C)CC2CCCN(CCc3ccccc3F)C2)cc1. The molecule has 1 aliphatic heterocycles. The fourth-order valence-corrected chi connectivity index (χ4v) is 4.04. The van der Waals surface area contributed by atoms with Gasteiger partial charge in [0.15, 0.2) is 0 Å². The summed E-state index contributed by atoms with van der Waals surface area (Å²) in [5.41, 5.74) is 1.73. The molecule has 0 aliphatic carbocycles. The van der Waals surface area contributed by atoms with Gasteiger partial charge in [0.05, 0.1) is 12.7 Å². The lowest BCUT2D eigenvalue weighted by atomic mass is 9.96. The standard InChI is InChI=1S/C24H29FN2O3/c1-26(23(28)20-9-11-21(12-10-20)24(29)30-2)16-18-6-5-14-27(17-18)15-13-19-7-3-4-8-22(19)25/h3-4,7-12,18H,5-6,13-17H2,1-2H3. The van der Waals surface area contributed by atoms with Crippen LogP contribution in [0.25, 0.3) is 0 Å². The Morgan fingerprint density at radius 2 is 1.83 bits per heavy atom. The first kappa shape index (κ1) is 22.0. The molecule has 0 saturated carbocycles. The van der Waals surface area contributed by atoms with Gasteiger partial charge in [0.1, 0.15) is 5.82 Å². The van der Waals surface area contributed by atoms with Crippen molar-refractivity contribution in [3.05, 3.63) is 71.0 Å². The Bertz CT molecular complexity index is 869. The van der Waals surface area contributed by atoms with Gasteiger partial charge >= 0.3 is 5.97 Å². The Hall–Kier alpha value is -2.73. The quantitative estimate of drug-likeness (QED) is 0.652. The Balaban J connectivity index is 1.51. The van der Waals surface area contributed by atoms with Crippen LogP contribution >= 0.6 is 0 Å². The molecular formula is C24H29FN2O3. The number of amides is 1. The molecule has 2 aromatic rings. The summed E-state index contributed by atoms with van der Waals surface area (Å²) in [4.78, 5) is 28.4. The molecule has 5 nitrogen and oxygen atoms in total. The summed E-state index contributed by atoms with van der Waals surface area (Å²) >= 11 is 0. The lowest BCUT2D eigenvalue weighted by molar-refractivity contribution is 0.0599. The van der Waals surface area contributed by atoms with E-state index in [1.54, 1.807) is 35.2 Å². The monoisotopic (exact) mass is 412 g/mol.